The van der Waals surface area contributed by atoms with Crippen LogP contribution in [0.3, 0.4) is 0 Å². The Kier molecular flexibility index (Phi) is 5.00. The van der Waals surface area contributed by atoms with Crippen molar-refractivity contribution in [2.45, 2.75) is 0 Å². The van der Waals surface area contributed by atoms with Crippen LogP contribution >= 0.6 is 11.6 Å². The smallest absolute Gasteiger partial charge is 0.335 e. The number of hydrogen-bond donors (Lipinski definition) is 2. The van der Waals surface area contributed by atoms with E-state index in [0.29, 0.717) is 29.6 Å². The van der Waals surface area contributed by atoms with Crippen molar-refractivity contribution in [3.05, 3.63) is 58.9 Å². The molecule has 0 amide bonds. The molecule has 0 atom stereocenters. The van der Waals surface area contributed by atoms with Crippen molar-refractivity contribution >= 4 is 23.3 Å². The standard InChI is InChI=1S/C15H13ClFNO3/c16-11-3-6-13(17)14(9-11)18-7-8-21-12-4-1-10(2-5-12)15(19)20/h1-6,9,18H,7-8H2,(H,19,20). The average Bonchev–Trinajstić information content (AvgIpc) is 2.47. The summed E-state index contributed by atoms with van der Waals surface area (Å²) in [6, 6.07) is 10.3. The van der Waals surface area contributed by atoms with E-state index in [-0.39, 0.29) is 11.4 Å². The number of carboxylic acid groups (broad SMARTS) is 1. The molecule has 0 heterocycles. The minimum absolute atomic E-state index is 0.196. The number of rotatable bonds is 6. The van der Waals surface area contributed by atoms with Gasteiger partial charge < -0.3 is 15.2 Å². The first kappa shape index (κ1) is 15.1. The molecule has 0 aliphatic heterocycles. The van der Waals surface area contributed by atoms with Crippen molar-refractivity contribution in [1.29, 1.82) is 0 Å². The van der Waals surface area contributed by atoms with E-state index >= 15 is 0 Å². The van der Waals surface area contributed by atoms with E-state index in [1.807, 2.05) is 0 Å². The molecule has 2 aromatic carbocycles. The highest BCUT2D eigenvalue weighted by molar-refractivity contribution is 6.30. The molecule has 2 rings (SSSR count). The van der Waals surface area contributed by atoms with E-state index in [0.717, 1.165) is 0 Å². The number of benzene rings is 2. The van der Waals surface area contributed by atoms with Gasteiger partial charge in [0.15, 0.2) is 0 Å². The van der Waals surface area contributed by atoms with Gasteiger partial charge >= 0.3 is 5.97 Å². The number of aromatic carboxylic acids is 1. The zero-order valence-corrected chi connectivity index (χ0v) is 11.7. The van der Waals surface area contributed by atoms with E-state index in [2.05, 4.69) is 5.32 Å². The molecule has 0 aliphatic carbocycles. The van der Waals surface area contributed by atoms with Gasteiger partial charge in [0.05, 0.1) is 11.3 Å². The third-order valence-electron chi connectivity index (χ3n) is 2.72. The minimum atomic E-state index is -0.986. The first-order valence-electron chi connectivity index (χ1n) is 6.21. The number of anilines is 1. The monoisotopic (exact) mass is 309 g/mol. The Morgan fingerprint density at radius 1 is 1.24 bits per heavy atom. The first-order valence-corrected chi connectivity index (χ1v) is 6.59. The Bertz CT molecular complexity index is 631. The van der Waals surface area contributed by atoms with Gasteiger partial charge in [0, 0.05) is 11.6 Å². The second kappa shape index (κ2) is 6.95. The Labute approximate surface area is 126 Å². The summed E-state index contributed by atoms with van der Waals surface area (Å²) in [5.41, 5.74) is 0.508. The van der Waals surface area contributed by atoms with E-state index in [9.17, 15) is 9.18 Å². The maximum atomic E-state index is 13.4. The summed E-state index contributed by atoms with van der Waals surface area (Å²) in [4.78, 5) is 10.7. The molecule has 0 bridgehead atoms. The van der Waals surface area contributed by atoms with E-state index in [1.54, 1.807) is 12.1 Å². The molecule has 0 spiro atoms. The third-order valence-corrected chi connectivity index (χ3v) is 2.95. The van der Waals surface area contributed by atoms with Crippen LogP contribution in [0.2, 0.25) is 5.02 Å². The predicted octanol–water partition coefficient (Wildman–Crippen LogP) is 3.67. The van der Waals surface area contributed by atoms with Crippen LogP contribution in [-0.4, -0.2) is 24.2 Å². The molecule has 110 valence electrons. The maximum Gasteiger partial charge on any atom is 0.335 e. The molecule has 0 unspecified atom stereocenters. The number of nitrogens with one attached hydrogen (secondary N) is 1. The van der Waals surface area contributed by atoms with Crippen molar-refractivity contribution in [2.75, 3.05) is 18.5 Å². The normalized spacial score (nSPS) is 10.2. The molecular formula is C15H13ClFNO3. The number of hydrogen-bond acceptors (Lipinski definition) is 3. The lowest BCUT2D eigenvalue weighted by Crippen LogP contribution is -2.12. The van der Waals surface area contributed by atoms with Crippen LogP contribution < -0.4 is 10.1 Å². The topological polar surface area (TPSA) is 58.6 Å². The van der Waals surface area contributed by atoms with Gasteiger partial charge in [-0.2, -0.15) is 0 Å². The van der Waals surface area contributed by atoms with Gasteiger partial charge in [-0.15, -0.1) is 0 Å². The summed E-state index contributed by atoms with van der Waals surface area (Å²) in [5, 5.41) is 12.1. The third kappa shape index (κ3) is 4.36. The Balaban J connectivity index is 1.81. The van der Waals surface area contributed by atoms with Gasteiger partial charge in [0.1, 0.15) is 18.2 Å². The van der Waals surface area contributed by atoms with Gasteiger partial charge in [0.25, 0.3) is 0 Å². The zero-order chi connectivity index (χ0) is 15.2. The average molecular weight is 310 g/mol. The Morgan fingerprint density at radius 3 is 2.62 bits per heavy atom. The van der Waals surface area contributed by atoms with Crippen LogP contribution in [0.25, 0.3) is 0 Å². The molecule has 0 aliphatic rings. The molecule has 0 saturated heterocycles. The van der Waals surface area contributed by atoms with Crippen LogP contribution in [-0.2, 0) is 0 Å². The summed E-state index contributed by atoms with van der Waals surface area (Å²) in [6.45, 7) is 0.691. The van der Waals surface area contributed by atoms with Crippen molar-refractivity contribution in [3.8, 4) is 5.75 Å². The molecule has 0 aromatic heterocycles. The highest BCUT2D eigenvalue weighted by atomic mass is 35.5. The SMILES string of the molecule is O=C(O)c1ccc(OCCNc2cc(Cl)ccc2F)cc1. The predicted molar refractivity (Wildman–Crippen MR) is 78.8 cm³/mol. The summed E-state index contributed by atoms with van der Waals surface area (Å²) in [6.07, 6.45) is 0. The second-order valence-corrected chi connectivity index (χ2v) is 4.67. The lowest BCUT2D eigenvalue weighted by Gasteiger charge is -2.09. The largest absolute Gasteiger partial charge is 0.492 e. The van der Waals surface area contributed by atoms with Crippen LogP contribution in [0.15, 0.2) is 42.5 Å². The van der Waals surface area contributed by atoms with Gasteiger partial charge in [-0.25, -0.2) is 9.18 Å². The summed E-state index contributed by atoms with van der Waals surface area (Å²) in [7, 11) is 0. The van der Waals surface area contributed by atoms with Crippen LogP contribution in [0.4, 0.5) is 10.1 Å². The number of carbonyl (C=O) groups is 1. The van der Waals surface area contributed by atoms with E-state index < -0.39 is 5.97 Å². The van der Waals surface area contributed by atoms with E-state index in [4.69, 9.17) is 21.4 Å². The fourth-order valence-corrected chi connectivity index (χ4v) is 1.85. The molecule has 2 N–H and O–H groups in total. The van der Waals surface area contributed by atoms with Crippen molar-refractivity contribution in [2.24, 2.45) is 0 Å². The fourth-order valence-electron chi connectivity index (χ4n) is 1.68. The maximum absolute atomic E-state index is 13.4. The minimum Gasteiger partial charge on any atom is -0.492 e. The molecular weight excluding hydrogens is 297 g/mol. The van der Waals surface area contributed by atoms with Crippen LogP contribution in [0.1, 0.15) is 10.4 Å². The first-order chi connectivity index (χ1) is 10.1. The second-order valence-electron chi connectivity index (χ2n) is 4.23. The van der Waals surface area contributed by atoms with Gasteiger partial charge in [-0.1, -0.05) is 11.6 Å². The van der Waals surface area contributed by atoms with Crippen molar-refractivity contribution < 1.29 is 19.0 Å². The molecule has 0 saturated carbocycles. The fraction of sp³-hybridized carbons (Fsp3) is 0.133. The summed E-state index contributed by atoms with van der Waals surface area (Å²) >= 11 is 5.78. The molecule has 6 heteroatoms. The van der Waals surface area contributed by atoms with Crippen LogP contribution in [0.5, 0.6) is 5.75 Å². The number of carboxylic acids is 1. The molecule has 2 aromatic rings. The highest BCUT2D eigenvalue weighted by Crippen LogP contribution is 2.19. The molecule has 0 radical (unpaired) electrons. The van der Waals surface area contributed by atoms with Gasteiger partial charge in [-0.05, 0) is 42.5 Å². The lowest BCUT2D eigenvalue weighted by atomic mass is 10.2. The molecule has 0 fully saturated rings. The Hall–Kier alpha value is -2.27. The quantitative estimate of drug-likeness (QED) is 0.799. The lowest BCUT2D eigenvalue weighted by molar-refractivity contribution is 0.0697. The van der Waals surface area contributed by atoms with Gasteiger partial charge in [-0.3, -0.25) is 0 Å². The molecule has 4 nitrogen and oxygen atoms in total. The molecule has 21 heavy (non-hydrogen) atoms. The van der Waals surface area contributed by atoms with Crippen molar-refractivity contribution in [3.63, 3.8) is 0 Å². The number of ether oxygens (including phenoxy) is 1. The Morgan fingerprint density at radius 2 is 1.95 bits per heavy atom. The van der Waals surface area contributed by atoms with Crippen LogP contribution in [0, 0.1) is 5.82 Å². The summed E-state index contributed by atoms with van der Waals surface area (Å²) in [5.74, 6) is -0.821. The number of halogens is 2. The highest BCUT2D eigenvalue weighted by Gasteiger charge is 2.03. The van der Waals surface area contributed by atoms with Crippen molar-refractivity contribution in [1.82, 2.24) is 0 Å². The van der Waals surface area contributed by atoms with Gasteiger partial charge in [0.2, 0.25) is 0 Å². The zero-order valence-electron chi connectivity index (χ0n) is 11.0. The summed E-state index contributed by atoms with van der Waals surface area (Å²) < 4.78 is 18.8. The van der Waals surface area contributed by atoms with E-state index in [1.165, 1.54) is 30.3 Å².